The minimum absolute atomic E-state index is 0.905. The van der Waals surface area contributed by atoms with Gasteiger partial charge >= 0.3 is 0 Å². The van der Waals surface area contributed by atoms with Crippen LogP contribution in [0, 0.1) is 0 Å². The first-order chi connectivity index (χ1) is 31.8. The normalized spacial score (nSPS) is 12.1. The van der Waals surface area contributed by atoms with Crippen LogP contribution in [0.4, 0.5) is 0 Å². The van der Waals surface area contributed by atoms with Gasteiger partial charge < -0.3 is 13.6 Å². The van der Waals surface area contributed by atoms with Gasteiger partial charge in [-0.05, 0) is 74.8 Å². The Kier molecular flexibility index (Phi) is 8.23. The van der Waals surface area contributed by atoms with E-state index in [1.54, 1.807) is 0 Å². The van der Waals surface area contributed by atoms with Crippen molar-refractivity contribution < 1.29 is 4.42 Å². The van der Waals surface area contributed by atoms with Gasteiger partial charge in [0, 0.05) is 43.6 Å². The Morgan fingerprint density at radius 2 is 0.844 bits per heavy atom. The molecule has 0 aliphatic carbocycles. The van der Waals surface area contributed by atoms with Crippen LogP contribution in [0.5, 0.6) is 0 Å². The van der Waals surface area contributed by atoms with Gasteiger partial charge in [0.25, 0.3) is 0 Å². The lowest BCUT2D eigenvalue weighted by molar-refractivity contribution is 0.670. The molecule has 0 aliphatic heterocycles. The van der Waals surface area contributed by atoms with Crippen molar-refractivity contribution in [2.75, 3.05) is 0 Å². The van der Waals surface area contributed by atoms with Gasteiger partial charge in [-0.25, -0.2) is 0 Å². The van der Waals surface area contributed by atoms with Gasteiger partial charge in [0.05, 0.1) is 27.8 Å². The molecule has 4 heteroatoms. The fourth-order valence-electron chi connectivity index (χ4n) is 10.8. The van der Waals surface area contributed by atoms with E-state index in [9.17, 15) is 0 Å². The van der Waals surface area contributed by atoms with Crippen molar-refractivity contribution in [1.29, 1.82) is 0 Å². The molecule has 3 aromatic heterocycles. The van der Waals surface area contributed by atoms with E-state index in [1.165, 1.54) is 58.8 Å². The number of para-hydroxylation sites is 4. The summed E-state index contributed by atoms with van der Waals surface area (Å²) >= 11 is 0. The van der Waals surface area contributed by atoms with Crippen molar-refractivity contribution in [2.45, 2.75) is 0 Å². The summed E-state index contributed by atoms with van der Waals surface area (Å²) in [6.45, 7) is 0. The summed E-state index contributed by atoms with van der Waals surface area (Å²) < 4.78 is 11.5. The van der Waals surface area contributed by atoms with Crippen LogP contribution in [0.25, 0.3) is 88.1 Å². The molecule has 64 heavy (non-hydrogen) atoms. The SMILES string of the molecule is c1ccc([Si](c2ccccc2)(c2ccccc2)c2ccc(-n3c4ccccc4c4c(-n5c6ccccc6c6ccc(-c7cccc8c7oc7ccccc78)cc65)cccc43)cc2)cc1. The lowest BCUT2D eigenvalue weighted by Gasteiger charge is -2.34. The maximum atomic E-state index is 6.56. The van der Waals surface area contributed by atoms with Crippen LogP contribution in [0.15, 0.2) is 247 Å². The Morgan fingerprint density at radius 1 is 0.328 bits per heavy atom. The fraction of sp³-hybridized carbons (Fsp3) is 0. The highest BCUT2D eigenvalue weighted by Gasteiger charge is 2.41. The zero-order valence-corrected chi connectivity index (χ0v) is 35.9. The van der Waals surface area contributed by atoms with Crippen molar-refractivity contribution in [3.8, 4) is 22.5 Å². The predicted molar refractivity (Wildman–Crippen MR) is 271 cm³/mol. The van der Waals surface area contributed by atoms with E-state index >= 15 is 0 Å². The third-order valence-corrected chi connectivity index (χ3v) is 18.3. The Labute approximate surface area is 371 Å². The highest BCUT2D eigenvalue weighted by Crippen LogP contribution is 2.42. The van der Waals surface area contributed by atoms with E-state index in [0.29, 0.717) is 0 Å². The van der Waals surface area contributed by atoms with E-state index in [0.717, 1.165) is 50.0 Å². The standard InChI is InChI=1S/C60H40N2OSi/c1-4-18-43(19-5-1)64(44-20-6-2-7-21-44,45-22-8-3-9-23-45)46-37-35-42(36-38-46)61-54-30-14-11-26-52(54)59-55(61)31-17-32-56(59)62-53-29-13-10-24-48(53)49-39-34-41(40-57(49)62)47-27-16-28-51-50-25-12-15-33-58(50)63-60(47)51/h1-40H. The van der Waals surface area contributed by atoms with Gasteiger partial charge in [0.15, 0.2) is 8.07 Å². The van der Waals surface area contributed by atoms with Crippen LogP contribution in [0.1, 0.15) is 0 Å². The molecule has 0 atom stereocenters. The molecule has 0 fully saturated rings. The van der Waals surface area contributed by atoms with Crippen LogP contribution >= 0.6 is 0 Å². The van der Waals surface area contributed by atoms with Crippen molar-refractivity contribution in [3.63, 3.8) is 0 Å². The first-order valence-electron chi connectivity index (χ1n) is 22.0. The maximum Gasteiger partial charge on any atom is 0.179 e. The number of aromatic nitrogens is 2. The Bertz CT molecular complexity index is 3790. The molecule has 3 heterocycles. The molecular formula is C60H40N2OSi. The van der Waals surface area contributed by atoms with Crippen LogP contribution in [0.2, 0.25) is 0 Å². The van der Waals surface area contributed by atoms with E-state index in [4.69, 9.17) is 4.42 Å². The summed E-state index contributed by atoms with van der Waals surface area (Å²) in [4.78, 5) is 0. The molecule has 10 aromatic carbocycles. The molecule has 13 rings (SSSR count). The number of hydrogen-bond acceptors (Lipinski definition) is 1. The van der Waals surface area contributed by atoms with Gasteiger partial charge in [0.2, 0.25) is 0 Å². The van der Waals surface area contributed by atoms with E-state index < -0.39 is 8.07 Å². The van der Waals surface area contributed by atoms with Gasteiger partial charge in [-0.15, -0.1) is 0 Å². The number of furan rings is 1. The molecule has 0 radical (unpaired) electrons. The van der Waals surface area contributed by atoms with Crippen molar-refractivity contribution in [3.05, 3.63) is 243 Å². The number of nitrogens with zero attached hydrogens (tertiary/aromatic N) is 2. The summed E-state index contributed by atoms with van der Waals surface area (Å²) in [7, 11) is -2.68. The third kappa shape index (κ3) is 5.33. The van der Waals surface area contributed by atoms with Crippen molar-refractivity contribution in [1.82, 2.24) is 9.13 Å². The Hall–Kier alpha value is -8.18. The molecule has 13 aromatic rings. The number of benzene rings is 10. The fourth-order valence-corrected chi connectivity index (χ4v) is 15.5. The highest BCUT2D eigenvalue weighted by molar-refractivity contribution is 7.19. The van der Waals surface area contributed by atoms with Gasteiger partial charge in [-0.2, -0.15) is 0 Å². The Morgan fingerprint density at radius 3 is 1.53 bits per heavy atom. The molecule has 0 spiro atoms. The molecule has 0 saturated carbocycles. The molecular weight excluding hydrogens is 793 g/mol. The lowest BCUT2D eigenvalue weighted by Crippen LogP contribution is -2.74. The summed E-state index contributed by atoms with van der Waals surface area (Å²) in [5.41, 5.74) is 11.0. The highest BCUT2D eigenvalue weighted by atomic mass is 28.3. The molecule has 3 nitrogen and oxygen atoms in total. The number of hydrogen-bond donors (Lipinski definition) is 0. The second-order valence-electron chi connectivity index (χ2n) is 16.8. The van der Waals surface area contributed by atoms with Crippen LogP contribution in [0.3, 0.4) is 0 Å². The summed E-state index contributed by atoms with van der Waals surface area (Å²) in [5.74, 6) is 0. The topological polar surface area (TPSA) is 23.0 Å². The smallest absolute Gasteiger partial charge is 0.179 e. The zero-order valence-electron chi connectivity index (χ0n) is 34.9. The quantitative estimate of drug-likeness (QED) is 0.116. The summed E-state index contributed by atoms with van der Waals surface area (Å²) in [5, 5.41) is 12.6. The van der Waals surface area contributed by atoms with Crippen LogP contribution < -0.4 is 20.7 Å². The van der Waals surface area contributed by atoms with E-state index in [-0.39, 0.29) is 0 Å². The maximum absolute atomic E-state index is 6.56. The Balaban J connectivity index is 1.03. The lowest BCUT2D eigenvalue weighted by atomic mass is 10.0. The van der Waals surface area contributed by atoms with Gasteiger partial charge in [-0.3, -0.25) is 0 Å². The minimum atomic E-state index is -2.68. The molecule has 0 saturated heterocycles. The minimum Gasteiger partial charge on any atom is -0.455 e. The largest absolute Gasteiger partial charge is 0.455 e. The molecule has 0 unspecified atom stereocenters. The number of fused-ring (bicyclic) bond motifs is 9. The molecule has 0 amide bonds. The van der Waals surface area contributed by atoms with Crippen LogP contribution in [-0.4, -0.2) is 17.2 Å². The van der Waals surface area contributed by atoms with Gasteiger partial charge in [-0.1, -0.05) is 194 Å². The van der Waals surface area contributed by atoms with E-state index in [2.05, 4.69) is 246 Å². The average molecular weight is 833 g/mol. The zero-order chi connectivity index (χ0) is 42.2. The van der Waals surface area contributed by atoms with E-state index in [1.807, 2.05) is 6.07 Å². The molecule has 0 N–H and O–H groups in total. The molecule has 300 valence electrons. The van der Waals surface area contributed by atoms with Crippen LogP contribution in [-0.2, 0) is 0 Å². The monoisotopic (exact) mass is 832 g/mol. The first kappa shape index (κ1) is 36.5. The van der Waals surface area contributed by atoms with Crippen molar-refractivity contribution in [2.24, 2.45) is 0 Å². The summed E-state index contributed by atoms with van der Waals surface area (Å²) in [6.07, 6.45) is 0. The van der Waals surface area contributed by atoms with Gasteiger partial charge in [0.1, 0.15) is 11.2 Å². The third-order valence-electron chi connectivity index (χ3n) is 13.5. The first-order valence-corrected chi connectivity index (χ1v) is 24.0. The average Bonchev–Trinajstić information content (AvgIpc) is 4.03. The van der Waals surface area contributed by atoms with Crippen molar-refractivity contribution >= 4 is 94.4 Å². The molecule has 0 aliphatic rings. The second kappa shape index (κ2) is 14.5. The predicted octanol–water partition coefficient (Wildman–Crippen LogP) is 12.8. The summed E-state index contributed by atoms with van der Waals surface area (Å²) in [6, 6.07) is 89.1. The molecule has 0 bridgehead atoms. The number of rotatable bonds is 7. The second-order valence-corrected chi connectivity index (χ2v) is 20.6.